The number of nitrogens with one attached hydrogen (secondary N) is 1. The van der Waals surface area contributed by atoms with Gasteiger partial charge in [0.05, 0.1) is 18.3 Å². The molecule has 0 radical (unpaired) electrons. The molecule has 0 aliphatic carbocycles. The quantitative estimate of drug-likeness (QED) is 0.280. The van der Waals surface area contributed by atoms with E-state index in [1.807, 2.05) is 21.6 Å². The minimum Gasteiger partial charge on any atom is -0.482 e. The van der Waals surface area contributed by atoms with Crippen LogP contribution in [0.1, 0.15) is 5.82 Å². The third kappa shape index (κ3) is 4.67. The lowest BCUT2D eigenvalue weighted by Gasteiger charge is -2.36. The van der Waals surface area contributed by atoms with Gasteiger partial charge in [-0.05, 0) is 28.6 Å². The van der Waals surface area contributed by atoms with Crippen LogP contribution >= 0.6 is 0 Å². The first-order valence-corrected chi connectivity index (χ1v) is 12.9. The van der Waals surface area contributed by atoms with Crippen molar-refractivity contribution in [2.24, 2.45) is 0 Å². The number of H-pyrrole nitrogens is 1. The van der Waals surface area contributed by atoms with Crippen molar-refractivity contribution < 1.29 is 17.9 Å². The second-order valence-electron chi connectivity index (χ2n) is 9.58. The molecule has 7 rings (SSSR count). The van der Waals surface area contributed by atoms with Gasteiger partial charge in [-0.3, -0.25) is 4.90 Å². The maximum Gasteiger partial charge on any atom is 0.223 e. The smallest absolute Gasteiger partial charge is 0.223 e. The highest BCUT2D eigenvalue weighted by Crippen LogP contribution is 2.30. The molecule has 1 aromatic carbocycles. The molecule has 0 spiro atoms. The first-order valence-electron chi connectivity index (χ1n) is 12.9. The molecule has 0 atom stereocenters. The van der Waals surface area contributed by atoms with Gasteiger partial charge < -0.3 is 24.4 Å². The fourth-order valence-electron chi connectivity index (χ4n) is 4.98. The van der Waals surface area contributed by atoms with Crippen molar-refractivity contribution in [3.05, 3.63) is 60.4 Å². The number of imidazole rings is 1. The maximum absolute atomic E-state index is 14.7. The number of aromatic nitrogens is 9. The van der Waals surface area contributed by atoms with Gasteiger partial charge in [0.15, 0.2) is 28.8 Å². The van der Waals surface area contributed by atoms with E-state index in [9.17, 15) is 8.78 Å². The van der Waals surface area contributed by atoms with Gasteiger partial charge >= 0.3 is 0 Å². The molecule has 16 heteroatoms. The number of tetrazole rings is 1. The summed E-state index contributed by atoms with van der Waals surface area (Å²) in [7, 11) is 0. The Morgan fingerprint density at radius 3 is 2.73 bits per heavy atom. The molecular weight excluding hydrogens is 538 g/mol. The van der Waals surface area contributed by atoms with Crippen molar-refractivity contribution in [3.8, 4) is 17.2 Å². The number of hydrogen-bond acceptors (Lipinski definition) is 11. The van der Waals surface area contributed by atoms with Crippen LogP contribution in [0.3, 0.4) is 0 Å². The van der Waals surface area contributed by atoms with Crippen LogP contribution in [0, 0.1) is 11.6 Å². The minimum atomic E-state index is -0.787. The van der Waals surface area contributed by atoms with Crippen molar-refractivity contribution in [3.63, 3.8) is 0 Å². The molecule has 0 saturated carbocycles. The van der Waals surface area contributed by atoms with E-state index in [0.717, 1.165) is 18.1 Å². The first-order chi connectivity index (χ1) is 20.0. The second kappa shape index (κ2) is 10.1. The molecule has 1 aliphatic heterocycles. The van der Waals surface area contributed by atoms with Crippen molar-refractivity contribution >= 4 is 28.3 Å². The number of aromatic amines is 1. The lowest BCUT2D eigenvalue weighted by molar-refractivity contribution is 0.248. The number of piperazine rings is 1. The fourth-order valence-corrected chi connectivity index (χ4v) is 4.98. The van der Waals surface area contributed by atoms with Gasteiger partial charge in [0, 0.05) is 51.4 Å². The van der Waals surface area contributed by atoms with Gasteiger partial charge in [0.25, 0.3) is 0 Å². The van der Waals surface area contributed by atoms with Gasteiger partial charge in [0.2, 0.25) is 5.95 Å². The number of furan rings is 1. The average Bonchev–Trinajstić information content (AvgIpc) is 3.78. The second-order valence-corrected chi connectivity index (χ2v) is 9.58. The fraction of sp³-hybridized carbons (Fsp3) is 0.280. The normalized spacial score (nSPS) is 14.4. The van der Waals surface area contributed by atoms with E-state index in [-0.39, 0.29) is 24.0 Å². The van der Waals surface area contributed by atoms with Crippen LogP contribution in [-0.4, -0.2) is 82.4 Å². The van der Waals surface area contributed by atoms with E-state index in [2.05, 4.69) is 40.6 Å². The summed E-state index contributed by atoms with van der Waals surface area (Å²) in [6, 6.07) is 7.73. The Bertz CT molecular complexity index is 1810. The Kier molecular flexibility index (Phi) is 6.15. The maximum atomic E-state index is 14.7. The standard InChI is InChI=1S/C25H24F2N12O2/c26-15-10-16(27)21(41-13-22-31-34-35-32-22)12-18(15)37-6-3-36(4-7-37)5-8-38-14-29-23-19-11-17(20-2-1-9-40-20)33-39(19)25(28)30-24(23)38/h1-2,9-12,14H,3-8,13H2,(H2,28,30)(H,31,32,34,35). The van der Waals surface area contributed by atoms with Crippen LogP contribution in [0.4, 0.5) is 20.4 Å². The average molecular weight is 563 g/mol. The van der Waals surface area contributed by atoms with Gasteiger partial charge in [-0.25, -0.2) is 18.9 Å². The number of ether oxygens (including phenoxy) is 1. The monoisotopic (exact) mass is 562 g/mol. The number of nitrogens with two attached hydrogens (primary N) is 1. The summed E-state index contributed by atoms with van der Waals surface area (Å²) in [4.78, 5) is 13.3. The molecule has 14 nitrogen and oxygen atoms in total. The van der Waals surface area contributed by atoms with Crippen LogP contribution < -0.4 is 15.4 Å². The SMILES string of the molecule is Nc1nc2c(ncn2CCN2CCN(c3cc(OCc4nnn[nH]4)c(F)cc3F)CC2)c2cc(-c3ccco3)nn12. The molecule has 6 aromatic rings. The number of nitrogens with zero attached hydrogens (tertiary/aromatic N) is 10. The lowest BCUT2D eigenvalue weighted by Crippen LogP contribution is -2.47. The molecule has 3 N–H and O–H groups in total. The van der Waals surface area contributed by atoms with Crippen LogP contribution in [0.2, 0.25) is 0 Å². The highest BCUT2D eigenvalue weighted by atomic mass is 19.1. The number of anilines is 2. The molecule has 1 saturated heterocycles. The molecule has 41 heavy (non-hydrogen) atoms. The van der Waals surface area contributed by atoms with E-state index in [1.54, 1.807) is 23.2 Å². The largest absolute Gasteiger partial charge is 0.482 e. The number of fused-ring (bicyclic) bond motifs is 3. The number of halogens is 2. The van der Waals surface area contributed by atoms with E-state index >= 15 is 0 Å². The minimum absolute atomic E-state index is 0.0656. The van der Waals surface area contributed by atoms with Crippen LogP contribution in [0.25, 0.3) is 28.1 Å². The Morgan fingerprint density at radius 1 is 1.07 bits per heavy atom. The summed E-state index contributed by atoms with van der Waals surface area (Å²) in [5.41, 5.74) is 9.27. The summed E-state index contributed by atoms with van der Waals surface area (Å²) >= 11 is 0. The third-order valence-electron chi connectivity index (χ3n) is 7.10. The van der Waals surface area contributed by atoms with Crippen molar-refractivity contribution in [1.29, 1.82) is 0 Å². The molecule has 6 heterocycles. The zero-order valence-corrected chi connectivity index (χ0v) is 21.6. The molecule has 1 fully saturated rings. The summed E-state index contributed by atoms with van der Waals surface area (Å²) in [6.45, 7) is 3.82. The number of benzene rings is 1. The topological polar surface area (TPSA) is 157 Å². The van der Waals surface area contributed by atoms with Crippen molar-refractivity contribution in [2.45, 2.75) is 13.2 Å². The van der Waals surface area contributed by atoms with Crippen LogP contribution in [0.15, 0.2) is 47.3 Å². The summed E-state index contributed by atoms with van der Waals surface area (Å²) in [5.74, 6) is -0.275. The van der Waals surface area contributed by atoms with Crippen LogP contribution in [-0.2, 0) is 13.2 Å². The molecule has 0 bridgehead atoms. The molecule has 210 valence electrons. The number of nitrogen functional groups attached to an aromatic ring is 1. The van der Waals surface area contributed by atoms with Crippen molar-refractivity contribution in [2.75, 3.05) is 43.4 Å². The zero-order chi connectivity index (χ0) is 27.9. The van der Waals surface area contributed by atoms with E-state index in [0.29, 0.717) is 61.2 Å². The van der Waals surface area contributed by atoms with Gasteiger partial charge in [-0.1, -0.05) is 0 Å². The molecule has 1 aliphatic rings. The number of rotatable bonds is 8. The van der Waals surface area contributed by atoms with Crippen molar-refractivity contribution in [1.82, 2.24) is 49.7 Å². The highest BCUT2D eigenvalue weighted by molar-refractivity contribution is 5.90. The van der Waals surface area contributed by atoms with Gasteiger partial charge in [-0.15, -0.1) is 5.10 Å². The summed E-state index contributed by atoms with van der Waals surface area (Å²) < 4.78 is 43.5. The molecular formula is C25H24F2N12O2. The van der Waals surface area contributed by atoms with E-state index < -0.39 is 11.6 Å². The Labute approximate surface area is 230 Å². The van der Waals surface area contributed by atoms with Gasteiger partial charge in [0.1, 0.15) is 29.2 Å². The summed E-state index contributed by atoms with van der Waals surface area (Å²) in [5, 5.41) is 17.7. The Balaban J connectivity index is 1.01. The van der Waals surface area contributed by atoms with Gasteiger partial charge in [-0.2, -0.15) is 14.6 Å². The summed E-state index contributed by atoms with van der Waals surface area (Å²) in [6.07, 6.45) is 3.34. The highest BCUT2D eigenvalue weighted by Gasteiger charge is 2.23. The lowest BCUT2D eigenvalue weighted by atomic mass is 10.2. The van der Waals surface area contributed by atoms with E-state index in [1.165, 1.54) is 6.07 Å². The predicted octanol–water partition coefficient (Wildman–Crippen LogP) is 2.11. The molecule has 5 aromatic heterocycles. The zero-order valence-electron chi connectivity index (χ0n) is 21.6. The predicted molar refractivity (Wildman–Crippen MR) is 142 cm³/mol. The molecule has 0 amide bonds. The number of hydrogen-bond donors (Lipinski definition) is 2. The van der Waals surface area contributed by atoms with Crippen LogP contribution in [0.5, 0.6) is 5.75 Å². The first kappa shape index (κ1) is 24.9. The third-order valence-corrected chi connectivity index (χ3v) is 7.10. The Morgan fingerprint density at radius 2 is 1.95 bits per heavy atom. The molecule has 0 unspecified atom stereocenters. The Hall–Kier alpha value is -5.12. The van der Waals surface area contributed by atoms with E-state index in [4.69, 9.17) is 14.9 Å².